The Balaban J connectivity index is 1.76. The van der Waals surface area contributed by atoms with Crippen molar-refractivity contribution in [3.8, 4) is 0 Å². The van der Waals surface area contributed by atoms with E-state index in [1.54, 1.807) is 0 Å². The Morgan fingerprint density at radius 3 is 2.33 bits per heavy atom. The maximum atomic E-state index is 12.8. The topological polar surface area (TPSA) is 131 Å². The number of aromatic nitrogens is 2. The molecule has 2 aromatic rings. The molecular weight excluding hydrogens is 318 g/mol. The Hall–Kier alpha value is -3.17. The summed E-state index contributed by atoms with van der Waals surface area (Å²) < 4.78 is 9.84. The second-order valence-corrected chi connectivity index (χ2v) is 5.27. The summed E-state index contributed by atoms with van der Waals surface area (Å²) in [6, 6.07) is -1.49. The molecule has 2 aromatic heterocycles. The number of carbonyl (C=O) groups is 3. The lowest BCUT2D eigenvalue weighted by Gasteiger charge is -2.25. The third-order valence-corrected chi connectivity index (χ3v) is 3.50. The lowest BCUT2D eigenvalue weighted by molar-refractivity contribution is -0.134. The van der Waals surface area contributed by atoms with E-state index in [2.05, 4.69) is 20.6 Å². The summed E-state index contributed by atoms with van der Waals surface area (Å²) in [5.74, 6) is -0.756. The molecule has 0 radical (unpaired) electrons. The fourth-order valence-corrected chi connectivity index (χ4v) is 2.37. The number of hydrogen-bond acceptors (Lipinski definition) is 7. The highest BCUT2D eigenvalue weighted by Gasteiger charge is 2.30. The van der Waals surface area contributed by atoms with E-state index < -0.39 is 18.0 Å². The molecule has 0 bridgehead atoms. The number of urea groups is 1. The largest absolute Gasteiger partial charge is 0.451 e. The van der Waals surface area contributed by atoms with Gasteiger partial charge in [0.15, 0.2) is 12.8 Å². The van der Waals surface area contributed by atoms with E-state index in [9.17, 15) is 14.4 Å². The first-order valence-electron chi connectivity index (χ1n) is 7.25. The SMILES string of the molecule is O=C1CC[C@H](C(=O)N(Cc2cocn2)Cc2cocn2)NC(=O)N1. The summed E-state index contributed by atoms with van der Waals surface area (Å²) >= 11 is 0. The highest BCUT2D eigenvalue weighted by molar-refractivity contribution is 5.98. The number of hydrogen-bond donors (Lipinski definition) is 2. The molecule has 3 heterocycles. The fraction of sp³-hybridized carbons (Fsp3) is 0.357. The van der Waals surface area contributed by atoms with Gasteiger partial charge in [-0.25, -0.2) is 14.8 Å². The number of nitrogens with one attached hydrogen (secondary N) is 2. The van der Waals surface area contributed by atoms with Crippen LogP contribution in [0.15, 0.2) is 34.1 Å². The van der Waals surface area contributed by atoms with Crippen LogP contribution in [0.1, 0.15) is 24.2 Å². The first kappa shape index (κ1) is 15.7. The summed E-state index contributed by atoms with van der Waals surface area (Å²) in [7, 11) is 0. The van der Waals surface area contributed by atoms with E-state index in [0.29, 0.717) is 11.4 Å². The summed E-state index contributed by atoms with van der Waals surface area (Å²) in [6.07, 6.45) is 5.69. The first-order chi connectivity index (χ1) is 11.6. The molecule has 126 valence electrons. The zero-order chi connectivity index (χ0) is 16.9. The van der Waals surface area contributed by atoms with Crippen LogP contribution in [0.3, 0.4) is 0 Å². The van der Waals surface area contributed by atoms with Crippen molar-refractivity contribution in [3.05, 3.63) is 36.7 Å². The van der Waals surface area contributed by atoms with Gasteiger partial charge in [-0.05, 0) is 6.42 Å². The number of amides is 4. The monoisotopic (exact) mass is 333 g/mol. The van der Waals surface area contributed by atoms with Gasteiger partial charge in [0.2, 0.25) is 11.8 Å². The third-order valence-electron chi connectivity index (χ3n) is 3.50. The van der Waals surface area contributed by atoms with Crippen molar-refractivity contribution in [2.24, 2.45) is 0 Å². The standard InChI is InChI=1S/C14H15N5O5/c20-12-2-1-11(17-14(22)18-12)13(21)19(3-9-5-23-7-15-9)4-10-6-24-8-16-10/h5-8,11H,1-4H2,(H2,17,18,20,22)/t11-/m1/s1. The van der Waals surface area contributed by atoms with E-state index in [-0.39, 0.29) is 31.8 Å². The minimum atomic E-state index is -0.810. The molecule has 2 N–H and O–H groups in total. The van der Waals surface area contributed by atoms with Crippen LogP contribution < -0.4 is 10.6 Å². The first-order valence-corrected chi connectivity index (χ1v) is 7.25. The average molecular weight is 333 g/mol. The van der Waals surface area contributed by atoms with Gasteiger partial charge in [-0.3, -0.25) is 14.9 Å². The lowest BCUT2D eigenvalue weighted by Crippen LogP contribution is -2.49. The number of carbonyl (C=O) groups excluding carboxylic acids is 3. The van der Waals surface area contributed by atoms with Gasteiger partial charge in [0, 0.05) is 6.42 Å². The molecule has 4 amide bonds. The Labute approximate surface area is 136 Å². The number of rotatable bonds is 5. The third kappa shape index (κ3) is 3.77. The average Bonchev–Trinajstić information content (AvgIpc) is 3.21. The van der Waals surface area contributed by atoms with Gasteiger partial charge in [0.25, 0.3) is 0 Å². The van der Waals surface area contributed by atoms with E-state index in [0.717, 1.165) is 0 Å². The smallest absolute Gasteiger partial charge is 0.322 e. The maximum Gasteiger partial charge on any atom is 0.322 e. The van der Waals surface area contributed by atoms with Crippen LogP contribution in [0, 0.1) is 0 Å². The normalized spacial score (nSPS) is 17.8. The molecule has 0 unspecified atom stereocenters. The molecule has 10 nitrogen and oxygen atoms in total. The van der Waals surface area contributed by atoms with Crippen molar-refractivity contribution in [2.45, 2.75) is 32.0 Å². The van der Waals surface area contributed by atoms with Gasteiger partial charge in [0.1, 0.15) is 18.6 Å². The Morgan fingerprint density at radius 2 is 1.79 bits per heavy atom. The molecule has 1 saturated heterocycles. The molecule has 0 aliphatic carbocycles. The van der Waals surface area contributed by atoms with E-state index in [1.165, 1.54) is 30.2 Å². The molecule has 1 aliphatic rings. The molecule has 3 rings (SSSR count). The van der Waals surface area contributed by atoms with Gasteiger partial charge < -0.3 is 19.1 Å². The predicted molar refractivity (Wildman–Crippen MR) is 77.0 cm³/mol. The van der Waals surface area contributed by atoms with Crippen molar-refractivity contribution in [3.63, 3.8) is 0 Å². The second-order valence-electron chi connectivity index (χ2n) is 5.27. The van der Waals surface area contributed by atoms with Gasteiger partial charge in [-0.1, -0.05) is 0 Å². The minimum Gasteiger partial charge on any atom is -0.451 e. The zero-order valence-electron chi connectivity index (χ0n) is 12.6. The Morgan fingerprint density at radius 1 is 1.17 bits per heavy atom. The molecule has 1 atom stereocenters. The van der Waals surface area contributed by atoms with Crippen molar-refractivity contribution >= 4 is 17.8 Å². The van der Waals surface area contributed by atoms with Crippen molar-refractivity contribution in [2.75, 3.05) is 0 Å². The van der Waals surface area contributed by atoms with E-state index in [1.807, 2.05) is 0 Å². The van der Waals surface area contributed by atoms with Crippen LogP contribution in [0.2, 0.25) is 0 Å². The highest BCUT2D eigenvalue weighted by Crippen LogP contribution is 2.13. The van der Waals surface area contributed by atoms with Gasteiger partial charge in [-0.15, -0.1) is 0 Å². The molecule has 24 heavy (non-hydrogen) atoms. The predicted octanol–water partition coefficient (Wildman–Crippen LogP) is 0.180. The summed E-state index contributed by atoms with van der Waals surface area (Å²) in [6.45, 7) is 0.353. The van der Waals surface area contributed by atoms with Crippen molar-refractivity contribution < 1.29 is 23.2 Å². The summed E-state index contributed by atoms with van der Waals surface area (Å²) in [5.41, 5.74) is 1.11. The van der Waals surface area contributed by atoms with E-state index >= 15 is 0 Å². The van der Waals surface area contributed by atoms with E-state index in [4.69, 9.17) is 8.83 Å². The number of nitrogens with zero attached hydrogens (tertiary/aromatic N) is 3. The molecular formula is C14H15N5O5. The molecule has 10 heteroatoms. The number of imide groups is 1. The van der Waals surface area contributed by atoms with Gasteiger partial charge >= 0.3 is 6.03 Å². The van der Waals surface area contributed by atoms with Crippen LogP contribution in [0.5, 0.6) is 0 Å². The molecule has 0 aromatic carbocycles. The van der Waals surface area contributed by atoms with Crippen LogP contribution in [0.4, 0.5) is 4.79 Å². The minimum absolute atomic E-state index is 0.0803. The van der Waals surface area contributed by atoms with Crippen LogP contribution in [0.25, 0.3) is 0 Å². The molecule has 0 spiro atoms. The maximum absolute atomic E-state index is 12.8. The van der Waals surface area contributed by atoms with Crippen LogP contribution >= 0.6 is 0 Å². The highest BCUT2D eigenvalue weighted by atomic mass is 16.3. The van der Waals surface area contributed by atoms with Gasteiger partial charge in [-0.2, -0.15) is 0 Å². The second kappa shape index (κ2) is 6.94. The van der Waals surface area contributed by atoms with Crippen LogP contribution in [-0.4, -0.2) is 38.8 Å². The molecule has 0 saturated carbocycles. The Kier molecular flexibility index (Phi) is 4.54. The number of oxazole rings is 2. The van der Waals surface area contributed by atoms with Crippen molar-refractivity contribution in [1.29, 1.82) is 0 Å². The zero-order valence-corrected chi connectivity index (χ0v) is 12.6. The quantitative estimate of drug-likeness (QED) is 0.798. The fourth-order valence-electron chi connectivity index (χ4n) is 2.37. The molecule has 1 fully saturated rings. The van der Waals surface area contributed by atoms with Crippen LogP contribution in [-0.2, 0) is 22.7 Å². The molecule has 1 aliphatic heterocycles. The summed E-state index contributed by atoms with van der Waals surface area (Å²) in [5, 5.41) is 4.64. The summed E-state index contributed by atoms with van der Waals surface area (Å²) in [4.78, 5) is 45.3. The Bertz CT molecular complexity index is 676. The lowest BCUT2D eigenvalue weighted by atomic mass is 10.1. The van der Waals surface area contributed by atoms with Gasteiger partial charge in [0.05, 0.1) is 24.5 Å². The van der Waals surface area contributed by atoms with Crippen molar-refractivity contribution in [1.82, 2.24) is 25.5 Å².